The Bertz CT molecular complexity index is 1470. The summed E-state index contributed by atoms with van der Waals surface area (Å²) in [6, 6.07) is 16.4. The van der Waals surface area contributed by atoms with E-state index in [2.05, 4.69) is 20.6 Å². The number of halogens is 1. The highest BCUT2D eigenvalue weighted by atomic mass is 35.5. The van der Waals surface area contributed by atoms with Gasteiger partial charge in [-0.05, 0) is 43.0 Å². The van der Waals surface area contributed by atoms with Crippen molar-refractivity contribution in [2.75, 3.05) is 23.8 Å². The van der Waals surface area contributed by atoms with Gasteiger partial charge in [0.2, 0.25) is 0 Å². The van der Waals surface area contributed by atoms with Crippen LogP contribution in [-0.4, -0.2) is 38.6 Å². The van der Waals surface area contributed by atoms with Crippen molar-refractivity contribution in [1.82, 2.24) is 19.4 Å². The molecular weight excluding hydrogens is 464 g/mol. The van der Waals surface area contributed by atoms with Crippen LogP contribution in [0.1, 0.15) is 42.4 Å². The smallest absolute Gasteiger partial charge is 0.264 e. The van der Waals surface area contributed by atoms with Crippen molar-refractivity contribution in [3.8, 4) is 5.69 Å². The molecule has 0 bridgehead atoms. The molecule has 0 fully saturated rings. The fraction of sp³-hybridized carbons (Fsp3) is 0.231. The van der Waals surface area contributed by atoms with Gasteiger partial charge in [0.1, 0.15) is 23.5 Å². The number of para-hydroxylation sites is 1. The molecule has 0 aliphatic carbocycles. The van der Waals surface area contributed by atoms with Gasteiger partial charge in [0, 0.05) is 17.9 Å². The first kappa shape index (κ1) is 22.9. The lowest BCUT2D eigenvalue weighted by Gasteiger charge is -2.30. The zero-order valence-corrected chi connectivity index (χ0v) is 20.2. The SMILES string of the molecule is CCCN1CNc2ncnc(N[C@@H](C)c3cc4cccc(Cl)c4c(=O)n3-c3ccccc3)c2C1=O. The molecule has 178 valence electrons. The predicted molar refractivity (Wildman–Crippen MR) is 138 cm³/mol. The lowest BCUT2D eigenvalue weighted by Crippen LogP contribution is -2.41. The van der Waals surface area contributed by atoms with Crippen LogP contribution >= 0.6 is 11.6 Å². The average Bonchev–Trinajstić information content (AvgIpc) is 2.86. The van der Waals surface area contributed by atoms with Gasteiger partial charge < -0.3 is 15.5 Å². The summed E-state index contributed by atoms with van der Waals surface area (Å²) < 4.78 is 1.66. The van der Waals surface area contributed by atoms with Crippen molar-refractivity contribution in [2.24, 2.45) is 0 Å². The first-order chi connectivity index (χ1) is 17.0. The summed E-state index contributed by atoms with van der Waals surface area (Å²) in [5, 5.41) is 8.18. The number of amides is 1. The molecule has 2 N–H and O–H groups in total. The molecule has 1 amide bonds. The van der Waals surface area contributed by atoms with E-state index < -0.39 is 0 Å². The van der Waals surface area contributed by atoms with E-state index in [0.29, 0.717) is 46.5 Å². The van der Waals surface area contributed by atoms with Gasteiger partial charge in [-0.25, -0.2) is 9.97 Å². The van der Waals surface area contributed by atoms with Gasteiger partial charge in [-0.1, -0.05) is 48.9 Å². The van der Waals surface area contributed by atoms with Gasteiger partial charge in [-0.3, -0.25) is 14.2 Å². The van der Waals surface area contributed by atoms with Gasteiger partial charge >= 0.3 is 0 Å². The third-order valence-corrected chi connectivity index (χ3v) is 6.43. The fourth-order valence-electron chi connectivity index (χ4n) is 4.46. The fourth-order valence-corrected chi connectivity index (χ4v) is 4.73. The number of nitrogens with zero attached hydrogens (tertiary/aromatic N) is 4. The van der Waals surface area contributed by atoms with E-state index in [0.717, 1.165) is 17.5 Å². The van der Waals surface area contributed by atoms with E-state index in [9.17, 15) is 9.59 Å². The average molecular weight is 489 g/mol. The Hall–Kier alpha value is -3.91. The second kappa shape index (κ2) is 9.38. The number of rotatable bonds is 6. The second-order valence-electron chi connectivity index (χ2n) is 8.46. The highest BCUT2D eigenvalue weighted by Crippen LogP contribution is 2.30. The van der Waals surface area contributed by atoms with Crippen LogP contribution in [0.15, 0.2) is 65.7 Å². The molecule has 4 aromatic rings. The largest absolute Gasteiger partial charge is 0.361 e. The molecular formula is C26H25ClN6O2. The number of pyridine rings is 1. The second-order valence-corrected chi connectivity index (χ2v) is 8.87. The molecule has 3 heterocycles. The standard InChI is InChI=1S/C26H25ClN6O2/c1-3-12-32-15-30-23-22(25(32)34)24(29-14-28-23)31-16(2)20-13-17-8-7-11-19(27)21(17)26(35)33(20)18-9-5-4-6-10-18/h4-11,13-14,16H,3,12,15H2,1-2H3,(H2,28,29,30,31)/t16-/m0/s1. The first-order valence-electron chi connectivity index (χ1n) is 11.5. The molecule has 1 aliphatic heterocycles. The quantitative estimate of drug-likeness (QED) is 0.403. The van der Waals surface area contributed by atoms with Crippen LogP contribution in [0.2, 0.25) is 5.02 Å². The van der Waals surface area contributed by atoms with Crippen molar-refractivity contribution in [1.29, 1.82) is 0 Å². The summed E-state index contributed by atoms with van der Waals surface area (Å²) in [5.74, 6) is 0.790. The molecule has 0 saturated heterocycles. The van der Waals surface area contributed by atoms with Crippen molar-refractivity contribution in [2.45, 2.75) is 26.3 Å². The molecule has 0 radical (unpaired) electrons. The Morgan fingerprint density at radius 3 is 2.69 bits per heavy atom. The van der Waals surface area contributed by atoms with Gasteiger partial charge in [0.25, 0.3) is 11.5 Å². The number of hydrogen-bond donors (Lipinski definition) is 2. The third-order valence-electron chi connectivity index (χ3n) is 6.11. The number of benzene rings is 2. The van der Waals surface area contributed by atoms with Crippen LogP contribution in [0.4, 0.5) is 11.6 Å². The van der Waals surface area contributed by atoms with Crippen LogP contribution in [-0.2, 0) is 0 Å². The molecule has 2 aromatic carbocycles. The minimum absolute atomic E-state index is 0.123. The van der Waals surface area contributed by atoms with Crippen LogP contribution in [0.5, 0.6) is 0 Å². The monoisotopic (exact) mass is 488 g/mol. The topological polar surface area (TPSA) is 92.2 Å². The van der Waals surface area contributed by atoms with Crippen molar-refractivity contribution < 1.29 is 4.79 Å². The summed E-state index contributed by atoms with van der Waals surface area (Å²) in [7, 11) is 0. The molecule has 2 aromatic heterocycles. The van der Waals surface area contributed by atoms with Crippen LogP contribution < -0.4 is 16.2 Å². The Kier molecular flexibility index (Phi) is 6.13. The van der Waals surface area contributed by atoms with Crippen molar-refractivity contribution in [3.05, 3.63) is 87.6 Å². The molecule has 0 unspecified atom stereocenters. The number of nitrogens with one attached hydrogen (secondary N) is 2. The first-order valence-corrected chi connectivity index (χ1v) is 11.9. The minimum atomic E-state index is -0.375. The normalized spacial score (nSPS) is 13.9. The van der Waals surface area contributed by atoms with Gasteiger partial charge in [-0.15, -0.1) is 0 Å². The number of carbonyl (C=O) groups is 1. The van der Waals surface area contributed by atoms with Crippen LogP contribution in [0, 0.1) is 0 Å². The third kappa shape index (κ3) is 4.10. The van der Waals surface area contributed by atoms with Crippen molar-refractivity contribution >= 4 is 39.9 Å². The number of hydrogen-bond acceptors (Lipinski definition) is 6. The Labute approximate surface area is 207 Å². The molecule has 5 rings (SSSR count). The van der Waals surface area contributed by atoms with Crippen LogP contribution in [0.25, 0.3) is 16.5 Å². The van der Waals surface area contributed by atoms with E-state index >= 15 is 0 Å². The zero-order valence-electron chi connectivity index (χ0n) is 19.5. The maximum absolute atomic E-state index is 13.7. The van der Waals surface area contributed by atoms with E-state index in [1.165, 1.54) is 6.33 Å². The van der Waals surface area contributed by atoms with E-state index in [4.69, 9.17) is 11.6 Å². The maximum atomic E-state index is 13.7. The Balaban J connectivity index is 1.63. The zero-order chi connectivity index (χ0) is 24.5. The molecule has 35 heavy (non-hydrogen) atoms. The number of anilines is 2. The van der Waals surface area contributed by atoms with Crippen LogP contribution in [0.3, 0.4) is 0 Å². The van der Waals surface area contributed by atoms with E-state index in [1.54, 1.807) is 15.5 Å². The molecule has 0 saturated carbocycles. The summed E-state index contributed by atoms with van der Waals surface area (Å²) in [6.45, 7) is 5.00. The summed E-state index contributed by atoms with van der Waals surface area (Å²) in [5.41, 5.74) is 1.63. The molecule has 0 spiro atoms. The molecule has 1 atom stereocenters. The number of aromatic nitrogens is 3. The molecule has 9 heteroatoms. The summed E-state index contributed by atoms with van der Waals surface area (Å²) in [6.07, 6.45) is 2.27. The van der Waals surface area contributed by atoms with Gasteiger partial charge in [0.05, 0.1) is 23.1 Å². The molecule has 1 aliphatic rings. The number of carbonyl (C=O) groups excluding carboxylic acids is 1. The van der Waals surface area contributed by atoms with E-state index in [1.807, 2.05) is 62.4 Å². The summed E-state index contributed by atoms with van der Waals surface area (Å²) >= 11 is 6.42. The van der Waals surface area contributed by atoms with E-state index in [-0.39, 0.29) is 17.5 Å². The maximum Gasteiger partial charge on any atom is 0.264 e. The lowest BCUT2D eigenvalue weighted by atomic mass is 10.1. The lowest BCUT2D eigenvalue weighted by molar-refractivity contribution is 0.0758. The predicted octanol–water partition coefficient (Wildman–Crippen LogP) is 4.84. The van der Waals surface area contributed by atoms with Gasteiger partial charge in [-0.2, -0.15) is 0 Å². The van der Waals surface area contributed by atoms with Crippen molar-refractivity contribution in [3.63, 3.8) is 0 Å². The summed E-state index contributed by atoms with van der Waals surface area (Å²) in [4.78, 5) is 37.3. The highest BCUT2D eigenvalue weighted by Gasteiger charge is 2.29. The molecule has 8 nitrogen and oxygen atoms in total. The van der Waals surface area contributed by atoms with Gasteiger partial charge in [0.15, 0.2) is 0 Å². The number of fused-ring (bicyclic) bond motifs is 2. The highest BCUT2D eigenvalue weighted by molar-refractivity contribution is 6.35. The Morgan fingerprint density at radius 1 is 1.11 bits per heavy atom. The Morgan fingerprint density at radius 2 is 1.91 bits per heavy atom. The minimum Gasteiger partial charge on any atom is -0.361 e.